The largest absolute Gasteiger partial charge is 0.478 e. The zero-order valence-electron chi connectivity index (χ0n) is 7.01. The lowest BCUT2D eigenvalue weighted by molar-refractivity contribution is -0.0547. The maximum absolute atomic E-state index is 13.1. The van der Waals surface area contributed by atoms with E-state index >= 15 is 0 Å². The molecule has 0 aliphatic rings. The number of ether oxygens (including phenoxy) is 1. The molecule has 1 rings (SSSR count). The maximum atomic E-state index is 13.1. The second kappa shape index (κ2) is 4.16. The second-order valence-corrected chi connectivity index (χ2v) is 2.42. The standard InChI is InChI=1S/C8H4F4O3/c9-4-2-1-3(7(13)14)5(10)6(4)15-8(11)12/h1-2,8H,(H,13,14). The minimum absolute atomic E-state index is 0.532. The van der Waals surface area contributed by atoms with Crippen molar-refractivity contribution in [3.8, 4) is 5.75 Å². The highest BCUT2D eigenvalue weighted by Crippen LogP contribution is 2.26. The molecule has 0 atom stereocenters. The highest BCUT2D eigenvalue weighted by molar-refractivity contribution is 5.88. The van der Waals surface area contributed by atoms with Crippen LogP contribution < -0.4 is 4.74 Å². The summed E-state index contributed by atoms with van der Waals surface area (Å²) in [6.45, 7) is -3.43. The van der Waals surface area contributed by atoms with Gasteiger partial charge in [-0.05, 0) is 12.1 Å². The molecule has 1 aromatic carbocycles. The van der Waals surface area contributed by atoms with Gasteiger partial charge >= 0.3 is 12.6 Å². The molecule has 0 radical (unpaired) electrons. The molecular formula is C8H4F4O3. The van der Waals surface area contributed by atoms with E-state index in [1.165, 1.54) is 0 Å². The Kier molecular flexibility index (Phi) is 3.13. The van der Waals surface area contributed by atoms with Gasteiger partial charge in [-0.2, -0.15) is 8.78 Å². The van der Waals surface area contributed by atoms with Crippen LogP contribution in [-0.2, 0) is 0 Å². The number of halogens is 4. The molecule has 15 heavy (non-hydrogen) atoms. The van der Waals surface area contributed by atoms with Gasteiger partial charge in [-0.25, -0.2) is 13.6 Å². The van der Waals surface area contributed by atoms with E-state index in [4.69, 9.17) is 5.11 Å². The monoisotopic (exact) mass is 224 g/mol. The number of benzene rings is 1. The molecule has 7 heteroatoms. The zero-order valence-corrected chi connectivity index (χ0v) is 7.01. The van der Waals surface area contributed by atoms with Crippen LogP contribution in [0.15, 0.2) is 12.1 Å². The Hall–Kier alpha value is -1.79. The molecule has 0 bridgehead atoms. The number of hydrogen-bond donors (Lipinski definition) is 1. The van der Waals surface area contributed by atoms with Crippen LogP contribution >= 0.6 is 0 Å². The van der Waals surface area contributed by atoms with Gasteiger partial charge < -0.3 is 9.84 Å². The molecule has 1 aromatic rings. The summed E-state index contributed by atoms with van der Waals surface area (Å²) in [5.74, 6) is -6.16. The van der Waals surface area contributed by atoms with Crippen molar-refractivity contribution in [3.63, 3.8) is 0 Å². The van der Waals surface area contributed by atoms with Crippen molar-refractivity contribution in [3.05, 3.63) is 29.3 Å². The molecule has 3 nitrogen and oxygen atoms in total. The third-order valence-corrected chi connectivity index (χ3v) is 1.49. The van der Waals surface area contributed by atoms with E-state index in [-0.39, 0.29) is 0 Å². The van der Waals surface area contributed by atoms with Crippen LogP contribution in [0.5, 0.6) is 5.75 Å². The first-order chi connectivity index (χ1) is 6.93. The summed E-state index contributed by atoms with van der Waals surface area (Å²) in [7, 11) is 0. The average molecular weight is 224 g/mol. The minimum Gasteiger partial charge on any atom is -0.478 e. The Labute approximate surface area is 80.9 Å². The van der Waals surface area contributed by atoms with Gasteiger partial charge in [0.15, 0.2) is 17.4 Å². The Balaban J connectivity index is 3.24. The van der Waals surface area contributed by atoms with Crippen LogP contribution in [0.3, 0.4) is 0 Å². The molecule has 0 aromatic heterocycles. The van der Waals surface area contributed by atoms with Crippen LogP contribution in [0.2, 0.25) is 0 Å². The summed E-state index contributed by atoms with van der Waals surface area (Å²) >= 11 is 0. The topological polar surface area (TPSA) is 46.5 Å². The average Bonchev–Trinajstić information content (AvgIpc) is 2.11. The number of carboxylic acid groups (broad SMARTS) is 1. The summed E-state index contributed by atoms with van der Waals surface area (Å²) in [5, 5.41) is 8.41. The summed E-state index contributed by atoms with van der Waals surface area (Å²) in [5.41, 5.74) is -0.938. The molecule has 0 saturated carbocycles. The Morgan fingerprint density at radius 2 is 1.93 bits per heavy atom. The molecule has 0 saturated heterocycles. The predicted octanol–water partition coefficient (Wildman–Crippen LogP) is 2.26. The third kappa shape index (κ3) is 2.36. The van der Waals surface area contributed by atoms with E-state index in [0.29, 0.717) is 12.1 Å². The predicted molar refractivity (Wildman–Crippen MR) is 39.9 cm³/mol. The van der Waals surface area contributed by atoms with Gasteiger partial charge in [-0.1, -0.05) is 0 Å². The molecule has 0 heterocycles. The first-order valence-electron chi connectivity index (χ1n) is 3.59. The van der Waals surface area contributed by atoms with Crippen molar-refractivity contribution < 1.29 is 32.2 Å². The molecular weight excluding hydrogens is 220 g/mol. The van der Waals surface area contributed by atoms with Gasteiger partial charge in [0, 0.05) is 0 Å². The van der Waals surface area contributed by atoms with E-state index in [1.54, 1.807) is 0 Å². The fourth-order valence-electron chi connectivity index (χ4n) is 0.895. The lowest BCUT2D eigenvalue weighted by atomic mass is 10.2. The third-order valence-electron chi connectivity index (χ3n) is 1.49. The van der Waals surface area contributed by atoms with Crippen LogP contribution in [0.25, 0.3) is 0 Å². The van der Waals surface area contributed by atoms with Crippen molar-refractivity contribution in [2.45, 2.75) is 6.61 Å². The van der Waals surface area contributed by atoms with Crippen LogP contribution in [0.1, 0.15) is 10.4 Å². The molecule has 0 spiro atoms. The number of carbonyl (C=O) groups is 1. The zero-order chi connectivity index (χ0) is 11.6. The summed E-state index contributed by atoms with van der Waals surface area (Å²) < 4.78 is 52.8. The number of alkyl halides is 2. The smallest absolute Gasteiger partial charge is 0.387 e. The van der Waals surface area contributed by atoms with Crippen LogP contribution in [0.4, 0.5) is 17.6 Å². The van der Waals surface area contributed by atoms with Crippen molar-refractivity contribution in [2.75, 3.05) is 0 Å². The first-order valence-corrected chi connectivity index (χ1v) is 3.59. The van der Waals surface area contributed by atoms with Crippen molar-refractivity contribution in [1.82, 2.24) is 0 Å². The summed E-state index contributed by atoms with van der Waals surface area (Å²) in [4.78, 5) is 10.4. The fourth-order valence-corrected chi connectivity index (χ4v) is 0.895. The van der Waals surface area contributed by atoms with Gasteiger partial charge in [0.1, 0.15) is 0 Å². The minimum atomic E-state index is -3.43. The van der Waals surface area contributed by atoms with Gasteiger partial charge in [0.25, 0.3) is 0 Å². The number of aromatic carboxylic acids is 1. The lowest BCUT2D eigenvalue weighted by Crippen LogP contribution is -2.09. The van der Waals surface area contributed by atoms with Crippen molar-refractivity contribution in [2.24, 2.45) is 0 Å². The normalized spacial score (nSPS) is 10.5. The van der Waals surface area contributed by atoms with Gasteiger partial charge in [0.05, 0.1) is 5.56 Å². The number of carboxylic acids is 1. The van der Waals surface area contributed by atoms with Gasteiger partial charge in [-0.3, -0.25) is 0 Å². The highest BCUT2D eigenvalue weighted by Gasteiger charge is 2.21. The Morgan fingerprint density at radius 1 is 1.33 bits per heavy atom. The van der Waals surface area contributed by atoms with E-state index < -0.39 is 35.5 Å². The molecule has 1 N–H and O–H groups in total. The fraction of sp³-hybridized carbons (Fsp3) is 0.125. The SMILES string of the molecule is O=C(O)c1ccc(F)c(OC(F)F)c1F. The first kappa shape index (κ1) is 11.3. The second-order valence-electron chi connectivity index (χ2n) is 2.42. The summed E-state index contributed by atoms with van der Waals surface area (Å²) in [6, 6.07) is 1.15. The van der Waals surface area contributed by atoms with Crippen molar-refractivity contribution >= 4 is 5.97 Å². The number of rotatable bonds is 3. The van der Waals surface area contributed by atoms with E-state index in [9.17, 15) is 22.4 Å². The number of hydrogen-bond acceptors (Lipinski definition) is 2. The van der Waals surface area contributed by atoms with Crippen molar-refractivity contribution in [1.29, 1.82) is 0 Å². The molecule has 0 unspecified atom stereocenters. The quantitative estimate of drug-likeness (QED) is 0.801. The Bertz CT molecular complexity index is 392. The molecule has 0 amide bonds. The Morgan fingerprint density at radius 3 is 2.40 bits per heavy atom. The van der Waals surface area contributed by atoms with E-state index in [0.717, 1.165) is 0 Å². The van der Waals surface area contributed by atoms with Crippen LogP contribution in [0, 0.1) is 11.6 Å². The summed E-state index contributed by atoms with van der Waals surface area (Å²) in [6.07, 6.45) is 0. The molecule has 0 aliphatic heterocycles. The molecule has 0 fully saturated rings. The molecule has 0 aliphatic carbocycles. The van der Waals surface area contributed by atoms with E-state index in [1.807, 2.05) is 0 Å². The van der Waals surface area contributed by atoms with Gasteiger partial charge in [0.2, 0.25) is 0 Å². The maximum Gasteiger partial charge on any atom is 0.387 e. The molecule has 82 valence electrons. The highest BCUT2D eigenvalue weighted by atomic mass is 19.3. The van der Waals surface area contributed by atoms with Crippen LogP contribution in [-0.4, -0.2) is 17.7 Å². The van der Waals surface area contributed by atoms with Gasteiger partial charge in [-0.15, -0.1) is 0 Å². The lowest BCUT2D eigenvalue weighted by Gasteiger charge is -2.07. The van der Waals surface area contributed by atoms with E-state index in [2.05, 4.69) is 4.74 Å².